The molecule has 0 aromatic heterocycles. The number of rotatable bonds is 5. The summed E-state index contributed by atoms with van der Waals surface area (Å²) in [5.41, 5.74) is 0.233. The number of amides is 1. The number of carboxylic acid groups (broad SMARTS) is 1. The summed E-state index contributed by atoms with van der Waals surface area (Å²) in [6.45, 7) is 1.27. The second-order valence-corrected chi connectivity index (χ2v) is 3.48. The molecule has 0 radical (unpaired) electrons. The van der Waals surface area contributed by atoms with Crippen LogP contribution in [-0.2, 0) is 9.59 Å². The lowest BCUT2D eigenvalue weighted by molar-refractivity contribution is -0.132. The van der Waals surface area contributed by atoms with E-state index in [2.05, 4.69) is 5.32 Å². The van der Waals surface area contributed by atoms with Crippen LogP contribution in [0.1, 0.15) is 12.5 Å². The number of carbonyl (C=O) groups is 2. The lowest BCUT2D eigenvalue weighted by atomic mass is 10.1. The molecule has 0 aliphatic heterocycles. The third-order valence-corrected chi connectivity index (χ3v) is 2.19. The molecular formula is C13H12FNO3. The molecule has 4 nitrogen and oxygen atoms in total. The molecule has 0 bridgehead atoms. The summed E-state index contributed by atoms with van der Waals surface area (Å²) in [7, 11) is 0. The van der Waals surface area contributed by atoms with Gasteiger partial charge in [0, 0.05) is 11.1 Å². The first-order valence-corrected chi connectivity index (χ1v) is 5.13. The van der Waals surface area contributed by atoms with Crippen LogP contribution in [0.15, 0.2) is 47.8 Å². The Balaban J connectivity index is 3.22. The highest BCUT2D eigenvalue weighted by molar-refractivity contribution is 5.87. The van der Waals surface area contributed by atoms with Gasteiger partial charge in [0.2, 0.25) is 6.41 Å². The van der Waals surface area contributed by atoms with E-state index < -0.39 is 11.8 Å². The first-order valence-electron chi connectivity index (χ1n) is 5.13. The zero-order valence-electron chi connectivity index (χ0n) is 9.68. The normalized spacial score (nSPS) is 12.7. The quantitative estimate of drug-likeness (QED) is 0.477. The van der Waals surface area contributed by atoms with Crippen molar-refractivity contribution >= 4 is 18.1 Å². The number of aliphatic carboxylic acids is 1. The van der Waals surface area contributed by atoms with Gasteiger partial charge in [0.15, 0.2) is 0 Å². The molecule has 2 N–H and O–H groups in total. The third kappa shape index (κ3) is 3.55. The molecule has 0 atom stereocenters. The van der Waals surface area contributed by atoms with Gasteiger partial charge in [0.25, 0.3) is 0 Å². The summed E-state index contributed by atoms with van der Waals surface area (Å²) in [6.07, 6.45) is 1.20. The molecule has 18 heavy (non-hydrogen) atoms. The number of benzene rings is 1. The molecular weight excluding hydrogens is 237 g/mol. The summed E-state index contributed by atoms with van der Waals surface area (Å²) >= 11 is 0. The van der Waals surface area contributed by atoms with E-state index in [9.17, 15) is 14.0 Å². The monoisotopic (exact) mass is 249 g/mol. The van der Waals surface area contributed by atoms with E-state index in [-0.39, 0.29) is 11.3 Å². The average Bonchev–Trinajstić information content (AvgIpc) is 2.36. The molecule has 1 amide bonds. The molecule has 0 heterocycles. The fourth-order valence-electron chi connectivity index (χ4n) is 1.28. The number of allylic oxidation sites excluding steroid dienone is 2. The minimum absolute atomic E-state index is 0.0637. The van der Waals surface area contributed by atoms with Crippen molar-refractivity contribution in [3.8, 4) is 0 Å². The van der Waals surface area contributed by atoms with Crippen molar-refractivity contribution in [2.45, 2.75) is 6.92 Å². The van der Waals surface area contributed by atoms with Crippen molar-refractivity contribution in [3.05, 3.63) is 53.4 Å². The maximum Gasteiger partial charge on any atom is 0.331 e. The summed E-state index contributed by atoms with van der Waals surface area (Å²) in [4.78, 5) is 21.1. The molecule has 0 fully saturated rings. The van der Waals surface area contributed by atoms with Crippen molar-refractivity contribution in [1.82, 2.24) is 5.32 Å². The smallest absolute Gasteiger partial charge is 0.331 e. The Bertz CT molecular complexity index is 506. The van der Waals surface area contributed by atoms with Crippen LogP contribution in [0.5, 0.6) is 0 Å². The van der Waals surface area contributed by atoms with Crippen molar-refractivity contribution in [2.75, 3.05) is 0 Å². The topological polar surface area (TPSA) is 66.4 Å². The third-order valence-electron chi connectivity index (χ3n) is 2.19. The van der Waals surface area contributed by atoms with Crippen molar-refractivity contribution in [2.24, 2.45) is 0 Å². The molecule has 1 rings (SSSR count). The van der Waals surface area contributed by atoms with E-state index in [4.69, 9.17) is 5.11 Å². The van der Waals surface area contributed by atoms with Gasteiger partial charge >= 0.3 is 5.97 Å². The minimum Gasteiger partial charge on any atom is -0.478 e. The van der Waals surface area contributed by atoms with Gasteiger partial charge in [0.05, 0.1) is 5.70 Å². The molecule has 0 saturated heterocycles. The zero-order valence-corrected chi connectivity index (χ0v) is 9.68. The van der Waals surface area contributed by atoms with Crippen molar-refractivity contribution < 1.29 is 19.1 Å². The first-order chi connectivity index (χ1) is 8.56. The van der Waals surface area contributed by atoms with E-state index >= 15 is 0 Å². The Labute approximate surface area is 103 Å². The van der Waals surface area contributed by atoms with Gasteiger partial charge in [-0.2, -0.15) is 0 Å². The van der Waals surface area contributed by atoms with Gasteiger partial charge in [0.1, 0.15) is 5.83 Å². The largest absolute Gasteiger partial charge is 0.478 e. The van der Waals surface area contributed by atoms with E-state index in [1.165, 1.54) is 6.92 Å². The van der Waals surface area contributed by atoms with Crippen molar-refractivity contribution in [1.29, 1.82) is 0 Å². The Morgan fingerprint density at radius 3 is 2.44 bits per heavy atom. The van der Waals surface area contributed by atoms with Crippen LogP contribution < -0.4 is 5.32 Å². The van der Waals surface area contributed by atoms with Gasteiger partial charge < -0.3 is 10.4 Å². The predicted molar refractivity (Wildman–Crippen MR) is 65.1 cm³/mol. The number of halogens is 1. The molecule has 1 aromatic rings. The Morgan fingerprint density at radius 1 is 1.33 bits per heavy atom. The molecule has 94 valence electrons. The molecule has 0 spiro atoms. The van der Waals surface area contributed by atoms with Crippen LogP contribution >= 0.6 is 0 Å². The maximum absolute atomic E-state index is 13.9. The van der Waals surface area contributed by atoms with Gasteiger partial charge in [-0.3, -0.25) is 4.79 Å². The highest BCUT2D eigenvalue weighted by atomic mass is 19.1. The fourth-order valence-corrected chi connectivity index (χ4v) is 1.28. The summed E-state index contributed by atoms with van der Waals surface area (Å²) in [6, 6.07) is 8.33. The van der Waals surface area contributed by atoms with Crippen LogP contribution in [0, 0.1) is 0 Å². The first kappa shape index (κ1) is 13.6. The summed E-state index contributed by atoms with van der Waals surface area (Å²) < 4.78 is 13.9. The zero-order chi connectivity index (χ0) is 13.5. The van der Waals surface area contributed by atoms with Crippen LogP contribution in [0.25, 0.3) is 5.70 Å². The van der Waals surface area contributed by atoms with Gasteiger partial charge in [-0.05, 0) is 13.0 Å². The number of carbonyl (C=O) groups excluding carboxylic acids is 1. The minimum atomic E-state index is -1.22. The van der Waals surface area contributed by atoms with E-state index in [1.807, 2.05) is 0 Å². The molecule has 0 aliphatic rings. The number of carboxylic acids is 1. The second kappa shape index (κ2) is 6.34. The fraction of sp³-hybridized carbons (Fsp3) is 0.0769. The molecule has 1 aromatic carbocycles. The van der Waals surface area contributed by atoms with Gasteiger partial charge in [-0.15, -0.1) is 0 Å². The van der Waals surface area contributed by atoms with Crippen LogP contribution in [-0.4, -0.2) is 17.5 Å². The molecule has 0 unspecified atom stereocenters. The van der Waals surface area contributed by atoms with E-state index in [0.717, 1.165) is 6.08 Å². The summed E-state index contributed by atoms with van der Waals surface area (Å²) in [5.74, 6) is -2.03. The van der Waals surface area contributed by atoms with Crippen molar-refractivity contribution in [3.63, 3.8) is 0 Å². The Kier molecular flexibility index (Phi) is 4.80. The van der Waals surface area contributed by atoms with Crippen LogP contribution in [0.2, 0.25) is 0 Å². The average molecular weight is 249 g/mol. The van der Waals surface area contributed by atoms with Crippen LogP contribution in [0.4, 0.5) is 4.39 Å². The lowest BCUT2D eigenvalue weighted by Crippen LogP contribution is -2.10. The molecule has 5 heteroatoms. The number of nitrogens with one attached hydrogen (secondary N) is 1. The van der Waals surface area contributed by atoms with E-state index in [1.54, 1.807) is 30.3 Å². The van der Waals surface area contributed by atoms with Crippen LogP contribution in [0.3, 0.4) is 0 Å². The second-order valence-electron chi connectivity index (χ2n) is 3.48. The summed E-state index contributed by atoms with van der Waals surface area (Å²) in [5, 5.41) is 10.9. The predicted octanol–water partition coefficient (Wildman–Crippen LogP) is 2.10. The standard InChI is InChI=1S/C13H12FNO3/c1-9(13(17)18)7-11(14)12(15-8-16)10-5-3-2-4-6-10/h2-8H,1H3,(H,15,16)(H,17,18)/b9-7+,12-11+. The van der Waals surface area contributed by atoms with Gasteiger partial charge in [-0.25, -0.2) is 9.18 Å². The molecule has 0 saturated carbocycles. The highest BCUT2D eigenvalue weighted by Crippen LogP contribution is 2.18. The lowest BCUT2D eigenvalue weighted by Gasteiger charge is -2.06. The highest BCUT2D eigenvalue weighted by Gasteiger charge is 2.09. The number of hydrogen-bond donors (Lipinski definition) is 2. The van der Waals surface area contributed by atoms with Gasteiger partial charge in [-0.1, -0.05) is 30.3 Å². The SMILES string of the molecule is C/C(=C\C(F)=C(/NC=O)c1ccccc1)C(=O)O. The Hall–Kier alpha value is -2.43. The molecule has 0 aliphatic carbocycles. The maximum atomic E-state index is 13.9. The number of hydrogen-bond acceptors (Lipinski definition) is 2. The Morgan fingerprint density at radius 2 is 1.94 bits per heavy atom. The van der Waals surface area contributed by atoms with E-state index in [0.29, 0.717) is 12.0 Å².